The summed E-state index contributed by atoms with van der Waals surface area (Å²) in [4.78, 5) is 15.1. The zero-order valence-corrected chi connectivity index (χ0v) is 17.7. The molecule has 0 bridgehead atoms. The Morgan fingerprint density at radius 3 is 2.59 bits per heavy atom. The number of sulfone groups is 1. The zero-order chi connectivity index (χ0) is 20.9. The molecule has 2 aromatic rings. The van der Waals surface area contributed by atoms with Crippen LogP contribution in [0.2, 0.25) is 0 Å². The van der Waals surface area contributed by atoms with Crippen LogP contribution in [-0.4, -0.2) is 45.7 Å². The van der Waals surface area contributed by atoms with E-state index in [4.69, 9.17) is 4.74 Å². The third kappa shape index (κ3) is 5.81. The molecule has 1 heterocycles. The standard InChI is InChI=1S/C22H28N2O4S/c1-28-19-12-10-17(11-13-19)21-9-4-3-5-14-24(21)16-22(25)23-18-7-6-8-20(15-18)29(2,26)27/h6-8,10-13,15,21H,3-5,9,14,16H2,1-2H3,(H,23,25)/t21-/m0/s1. The Balaban J connectivity index is 1.72. The number of ether oxygens (including phenoxy) is 1. The smallest absolute Gasteiger partial charge is 0.238 e. The van der Waals surface area contributed by atoms with Crippen LogP contribution in [0.15, 0.2) is 53.4 Å². The number of likely N-dealkylation sites (tertiary alicyclic amines) is 1. The van der Waals surface area contributed by atoms with E-state index >= 15 is 0 Å². The number of rotatable bonds is 6. The minimum atomic E-state index is -3.32. The SMILES string of the molecule is COc1ccc([C@@H]2CCCCCN2CC(=O)Nc2cccc(S(C)(=O)=O)c2)cc1. The van der Waals surface area contributed by atoms with Crippen LogP contribution in [0, 0.1) is 0 Å². The number of hydrogen-bond donors (Lipinski definition) is 1. The Hall–Kier alpha value is -2.38. The molecule has 0 aliphatic carbocycles. The molecule has 1 atom stereocenters. The predicted molar refractivity (Wildman–Crippen MR) is 114 cm³/mol. The summed E-state index contributed by atoms with van der Waals surface area (Å²) in [6, 6.07) is 14.6. The fourth-order valence-corrected chi connectivity index (χ4v) is 4.42. The number of amides is 1. The van der Waals surface area contributed by atoms with Crippen LogP contribution < -0.4 is 10.1 Å². The van der Waals surface area contributed by atoms with Crippen molar-refractivity contribution in [3.05, 3.63) is 54.1 Å². The van der Waals surface area contributed by atoms with Gasteiger partial charge in [0, 0.05) is 18.0 Å². The summed E-state index contributed by atoms with van der Waals surface area (Å²) in [6.45, 7) is 1.12. The van der Waals surface area contributed by atoms with Crippen LogP contribution in [0.1, 0.15) is 37.3 Å². The molecule has 0 saturated carbocycles. The zero-order valence-electron chi connectivity index (χ0n) is 16.9. The second-order valence-corrected chi connectivity index (χ2v) is 9.47. The lowest BCUT2D eigenvalue weighted by Crippen LogP contribution is -2.36. The monoisotopic (exact) mass is 416 g/mol. The van der Waals surface area contributed by atoms with Crippen LogP contribution in [-0.2, 0) is 14.6 Å². The van der Waals surface area contributed by atoms with Gasteiger partial charge in [-0.2, -0.15) is 0 Å². The number of benzene rings is 2. The number of carbonyl (C=O) groups excluding carboxylic acids is 1. The molecule has 0 unspecified atom stereocenters. The van der Waals surface area contributed by atoms with Crippen LogP contribution in [0.3, 0.4) is 0 Å². The van der Waals surface area contributed by atoms with Crippen molar-refractivity contribution in [1.29, 1.82) is 0 Å². The van der Waals surface area contributed by atoms with Crippen LogP contribution >= 0.6 is 0 Å². The van der Waals surface area contributed by atoms with Crippen molar-refractivity contribution in [3.8, 4) is 5.75 Å². The van der Waals surface area contributed by atoms with E-state index in [1.807, 2.05) is 12.1 Å². The Kier molecular flexibility index (Phi) is 6.92. The maximum atomic E-state index is 12.7. The van der Waals surface area contributed by atoms with E-state index in [2.05, 4.69) is 22.3 Å². The third-order valence-electron chi connectivity index (χ3n) is 5.26. The number of nitrogens with zero attached hydrogens (tertiary/aromatic N) is 1. The summed E-state index contributed by atoms with van der Waals surface area (Å²) in [5.41, 5.74) is 1.67. The van der Waals surface area contributed by atoms with Crippen molar-refractivity contribution in [2.45, 2.75) is 36.6 Å². The van der Waals surface area contributed by atoms with Crippen LogP contribution in [0.5, 0.6) is 5.75 Å². The molecule has 6 nitrogen and oxygen atoms in total. The lowest BCUT2D eigenvalue weighted by Gasteiger charge is -2.29. The molecule has 1 aliphatic heterocycles. The van der Waals surface area contributed by atoms with Gasteiger partial charge in [-0.1, -0.05) is 31.0 Å². The second kappa shape index (κ2) is 9.41. The first-order valence-electron chi connectivity index (χ1n) is 9.85. The average Bonchev–Trinajstić information content (AvgIpc) is 2.93. The molecule has 1 N–H and O–H groups in total. The summed E-state index contributed by atoms with van der Waals surface area (Å²) < 4.78 is 28.7. The number of anilines is 1. The quantitative estimate of drug-likeness (QED) is 0.778. The molecular formula is C22H28N2O4S. The van der Waals surface area contributed by atoms with Gasteiger partial charge < -0.3 is 10.1 Å². The molecule has 156 valence electrons. The first kappa shape index (κ1) is 21.3. The first-order chi connectivity index (χ1) is 13.9. The molecule has 1 aliphatic rings. The maximum Gasteiger partial charge on any atom is 0.238 e. The topological polar surface area (TPSA) is 75.7 Å². The van der Waals surface area contributed by atoms with Gasteiger partial charge in [-0.05, 0) is 55.3 Å². The van der Waals surface area contributed by atoms with Crippen LogP contribution in [0.4, 0.5) is 5.69 Å². The van der Waals surface area contributed by atoms with E-state index < -0.39 is 9.84 Å². The Labute approximate surface area is 172 Å². The van der Waals surface area contributed by atoms with E-state index in [9.17, 15) is 13.2 Å². The average molecular weight is 417 g/mol. The predicted octanol–water partition coefficient (Wildman–Crippen LogP) is 3.65. The van der Waals surface area contributed by atoms with Gasteiger partial charge in [0.15, 0.2) is 9.84 Å². The lowest BCUT2D eigenvalue weighted by atomic mass is 10.0. The number of carbonyl (C=O) groups is 1. The van der Waals surface area contributed by atoms with Crippen molar-refractivity contribution in [2.24, 2.45) is 0 Å². The van der Waals surface area contributed by atoms with Gasteiger partial charge in [0.05, 0.1) is 18.6 Å². The molecule has 1 fully saturated rings. The lowest BCUT2D eigenvalue weighted by molar-refractivity contribution is -0.117. The van der Waals surface area contributed by atoms with Crippen LogP contribution in [0.25, 0.3) is 0 Å². The summed E-state index contributed by atoms with van der Waals surface area (Å²) in [5, 5.41) is 2.85. The highest BCUT2D eigenvalue weighted by atomic mass is 32.2. The van der Waals surface area contributed by atoms with Crippen molar-refractivity contribution in [3.63, 3.8) is 0 Å². The molecule has 2 aromatic carbocycles. The maximum absolute atomic E-state index is 12.7. The first-order valence-corrected chi connectivity index (χ1v) is 11.7. The number of hydrogen-bond acceptors (Lipinski definition) is 5. The normalized spacial score (nSPS) is 18.1. The van der Waals surface area contributed by atoms with Gasteiger partial charge in [0.1, 0.15) is 5.75 Å². The van der Waals surface area contributed by atoms with E-state index in [1.54, 1.807) is 19.2 Å². The van der Waals surface area contributed by atoms with E-state index in [0.29, 0.717) is 5.69 Å². The minimum Gasteiger partial charge on any atom is -0.497 e. The molecule has 7 heteroatoms. The second-order valence-electron chi connectivity index (χ2n) is 7.46. The molecule has 0 spiro atoms. The number of methoxy groups -OCH3 is 1. The fraction of sp³-hybridized carbons (Fsp3) is 0.409. The number of nitrogens with one attached hydrogen (secondary N) is 1. The van der Waals surface area contributed by atoms with Gasteiger partial charge in [0.2, 0.25) is 5.91 Å². The molecule has 0 radical (unpaired) electrons. The molecule has 3 rings (SSSR count). The highest BCUT2D eigenvalue weighted by molar-refractivity contribution is 7.90. The fourth-order valence-electron chi connectivity index (χ4n) is 3.75. The summed E-state index contributed by atoms with van der Waals surface area (Å²) in [7, 11) is -1.67. The summed E-state index contributed by atoms with van der Waals surface area (Å²) >= 11 is 0. The van der Waals surface area contributed by atoms with Gasteiger partial charge in [0.25, 0.3) is 0 Å². The van der Waals surface area contributed by atoms with Crippen molar-refractivity contribution >= 4 is 21.4 Å². The largest absolute Gasteiger partial charge is 0.497 e. The van der Waals surface area contributed by atoms with Gasteiger partial charge in [-0.3, -0.25) is 9.69 Å². The van der Waals surface area contributed by atoms with E-state index in [0.717, 1.165) is 44.2 Å². The van der Waals surface area contributed by atoms with E-state index in [-0.39, 0.29) is 23.4 Å². The summed E-state index contributed by atoms with van der Waals surface area (Å²) in [6.07, 6.45) is 5.50. The van der Waals surface area contributed by atoms with E-state index in [1.165, 1.54) is 17.7 Å². The Morgan fingerprint density at radius 2 is 1.90 bits per heavy atom. The van der Waals surface area contributed by atoms with Gasteiger partial charge in [-0.25, -0.2) is 8.42 Å². The highest BCUT2D eigenvalue weighted by Gasteiger charge is 2.24. The molecule has 29 heavy (non-hydrogen) atoms. The molecular weight excluding hydrogens is 388 g/mol. The molecule has 1 amide bonds. The summed E-state index contributed by atoms with van der Waals surface area (Å²) in [5.74, 6) is 0.675. The van der Waals surface area contributed by atoms with Crippen molar-refractivity contribution in [1.82, 2.24) is 4.90 Å². The Bertz CT molecular complexity index is 942. The highest BCUT2D eigenvalue weighted by Crippen LogP contribution is 2.31. The molecule has 1 saturated heterocycles. The minimum absolute atomic E-state index is 0.143. The van der Waals surface area contributed by atoms with Gasteiger partial charge in [-0.15, -0.1) is 0 Å². The Morgan fingerprint density at radius 1 is 1.14 bits per heavy atom. The van der Waals surface area contributed by atoms with Crippen molar-refractivity contribution < 1.29 is 17.9 Å². The van der Waals surface area contributed by atoms with Gasteiger partial charge >= 0.3 is 0 Å². The third-order valence-corrected chi connectivity index (χ3v) is 6.37. The molecule has 0 aromatic heterocycles. The van der Waals surface area contributed by atoms with Crippen molar-refractivity contribution in [2.75, 3.05) is 31.8 Å².